The van der Waals surface area contributed by atoms with E-state index in [1.165, 1.54) is 0 Å². The minimum Gasteiger partial charge on any atom is -0.399 e. The third-order valence-electron chi connectivity index (χ3n) is 2.77. The van der Waals surface area contributed by atoms with Gasteiger partial charge in [0.15, 0.2) is 5.65 Å². The van der Waals surface area contributed by atoms with Crippen LogP contribution in [0.4, 0.5) is 5.69 Å². The summed E-state index contributed by atoms with van der Waals surface area (Å²) in [5, 5.41) is 0. The van der Waals surface area contributed by atoms with Gasteiger partial charge < -0.3 is 10.3 Å². The molecule has 0 atom stereocenters. The first-order valence-corrected chi connectivity index (χ1v) is 5.39. The molecule has 17 heavy (non-hydrogen) atoms. The zero-order valence-corrected chi connectivity index (χ0v) is 9.46. The maximum Gasteiger partial charge on any atom is 0.159 e. The maximum absolute atomic E-state index is 5.79. The lowest BCUT2D eigenvalue weighted by Crippen LogP contribution is -1.94. The van der Waals surface area contributed by atoms with E-state index >= 15 is 0 Å². The van der Waals surface area contributed by atoms with Crippen LogP contribution in [0.5, 0.6) is 0 Å². The molecule has 0 amide bonds. The summed E-state index contributed by atoms with van der Waals surface area (Å²) in [5.41, 5.74) is 9.31. The molecule has 0 spiro atoms. The molecule has 4 nitrogen and oxygen atoms in total. The van der Waals surface area contributed by atoms with Gasteiger partial charge in [0.25, 0.3) is 0 Å². The number of rotatable bonds is 1. The van der Waals surface area contributed by atoms with Crippen molar-refractivity contribution >= 4 is 16.9 Å². The van der Waals surface area contributed by atoms with Crippen LogP contribution in [0.1, 0.15) is 0 Å². The Balaban J connectivity index is 2.27. The van der Waals surface area contributed by atoms with Crippen LogP contribution in [-0.4, -0.2) is 14.5 Å². The molecule has 0 bridgehead atoms. The van der Waals surface area contributed by atoms with Gasteiger partial charge >= 0.3 is 0 Å². The number of hydrogen-bond donors (Lipinski definition) is 1. The minimum atomic E-state index is 0.738. The van der Waals surface area contributed by atoms with E-state index in [2.05, 4.69) is 9.97 Å². The van der Waals surface area contributed by atoms with Crippen LogP contribution in [0, 0.1) is 0 Å². The Hall–Kier alpha value is -2.36. The highest BCUT2D eigenvalue weighted by Crippen LogP contribution is 2.23. The highest BCUT2D eigenvalue weighted by Gasteiger charge is 2.09. The van der Waals surface area contributed by atoms with Gasteiger partial charge in [-0.25, -0.2) is 9.97 Å². The Morgan fingerprint density at radius 2 is 2.06 bits per heavy atom. The molecule has 0 fully saturated rings. The van der Waals surface area contributed by atoms with E-state index in [1.54, 1.807) is 6.20 Å². The number of hydrogen-bond acceptors (Lipinski definition) is 3. The van der Waals surface area contributed by atoms with Crippen molar-refractivity contribution in [2.45, 2.75) is 0 Å². The number of nitrogens with two attached hydrogens (primary N) is 1. The molecule has 0 aliphatic heterocycles. The molecule has 1 aromatic carbocycles. The molecule has 3 rings (SSSR count). The van der Waals surface area contributed by atoms with E-state index in [-0.39, 0.29) is 0 Å². The zero-order chi connectivity index (χ0) is 11.8. The van der Waals surface area contributed by atoms with Crippen molar-refractivity contribution in [2.75, 3.05) is 5.73 Å². The highest BCUT2D eigenvalue weighted by atomic mass is 15.1. The molecule has 2 heterocycles. The number of imidazole rings is 1. The average molecular weight is 224 g/mol. The van der Waals surface area contributed by atoms with E-state index in [4.69, 9.17) is 5.73 Å². The Morgan fingerprint density at radius 1 is 1.18 bits per heavy atom. The topological polar surface area (TPSA) is 56.7 Å². The highest BCUT2D eigenvalue weighted by molar-refractivity contribution is 5.77. The monoisotopic (exact) mass is 224 g/mol. The second-order valence-corrected chi connectivity index (χ2v) is 3.97. The fourth-order valence-corrected chi connectivity index (χ4v) is 1.96. The average Bonchev–Trinajstić information content (AvgIpc) is 2.68. The van der Waals surface area contributed by atoms with Crippen molar-refractivity contribution in [1.29, 1.82) is 0 Å². The number of benzene rings is 1. The summed E-state index contributed by atoms with van der Waals surface area (Å²) in [6.07, 6.45) is 1.77. The van der Waals surface area contributed by atoms with Crippen LogP contribution in [0.25, 0.3) is 22.6 Å². The van der Waals surface area contributed by atoms with E-state index < -0.39 is 0 Å². The van der Waals surface area contributed by atoms with Gasteiger partial charge in [-0.2, -0.15) is 0 Å². The lowest BCUT2D eigenvalue weighted by Gasteiger charge is -2.02. The van der Waals surface area contributed by atoms with Gasteiger partial charge in [-0.05, 0) is 24.3 Å². The largest absolute Gasteiger partial charge is 0.399 e. The Morgan fingerprint density at radius 3 is 2.82 bits per heavy atom. The van der Waals surface area contributed by atoms with Gasteiger partial charge in [-0.1, -0.05) is 12.1 Å². The molecule has 0 aliphatic carbocycles. The van der Waals surface area contributed by atoms with E-state index in [0.717, 1.165) is 28.2 Å². The molecule has 0 aliphatic rings. The molecule has 2 aromatic heterocycles. The van der Waals surface area contributed by atoms with Crippen LogP contribution in [0.15, 0.2) is 42.6 Å². The number of fused-ring (bicyclic) bond motifs is 1. The van der Waals surface area contributed by atoms with Gasteiger partial charge in [0.05, 0.1) is 0 Å². The quantitative estimate of drug-likeness (QED) is 0.645. The van der Waals surface area contributed by atoms with Crippen LogP contribution in [0.3, 0.4) is 0 Å². The van der Waals surface area contributed by atoms with E-state index in [9.17, 15) is 0 Å². The zero-order valence-electron chi connectivity index (χ0n) is 9.46. The van der Waals surface area contributed by atoms with Crippen molar-refractivity contribution in [2.24, 2.45) is 7.05 Å². The summed E-state index contributed by atoms with van der Waals surface area (Å²) < 4.78 is 1.98. The van der Waals surface area contributed by atoms with Crippen LogP contribution < -0.4 is 5.73 Å². The third kappa shape index (κ3) is 1.54. The number of nitrogens with zero attached hydrogens (tertiary/aromatic N) is 3. The number of aryl methyl sites for hydroxylation is 1. The Labute approximate surface area is 98.7 Å². The summed E-state index contributed by atoms with van der Waals surface area (Å²) in [4.78, 5) is 8.89. The smallest absolute Gasteiger partial charge is 0.159 e. The molecule has 3 aromatic rings. The molecule has 0 saturated heterocycles. The molecule has 0 radical (unpaired) electrons. The first kappa shape index (κ1) is 9.84. The summed E-state index contributed by atoms with van der Waals surface area (Å²) in [7, 11) is 1.96. The third-order valence-corrected chi connectivity index (χ3v) is 2.77. The van der Waals surface area contributed by atoms with Crippen molar-refractivity contribution in [1.82, 2.24) is 14.5 Å². The Kier molecular flexibility index (Phi) is 2.08. The molecule has 4 heteroatoms. The summed E-state index contributed by atoms with van der Waals surface area (Å²) >= 11 is 0. The fourth-order valence-electron chi connectivity index (χ4n) is 1.96. The fraction of sp³-hybridized carbons (Fsp3) is 0.0769. The first-order valence-electron chi connectivity index (χ1n) is 5.39. The first-order chi connectivity index (χ1) is 8.25. The lowest BCUT2D eigenvalue weighted by molar-refractivity contribution is 0.942. The SMILES string of the molecule is Cn1c(-c2cccc(N)c2)nc2cccnc21. The predicted molar refractivity (Wildman–Crippen MR) is 68.4 cm³/mol. The van der Waals surface area contributed by atoms with Gasteiger partial charge in [0, 0.05) is 24.5 Å². The van der Waals surface area contributed by atoms with Gasteiger partial charge in [0.2, 0.25) is 0 Å². The minimum absolute atomic E-state index is 0.738. The molecule has 0 saturated carbocycles. The van der Waals surface area contributed by atoms with E-state index in [1.807, 2.05) is 48.0 Å². The molecular weight excluding hydrogens is 212 g/mol. The van der Waals surface area contributed by atoms with Gasteiger partial charge in [0.1, 0.15) is 11.3 Å². The van der Waals surface area contributed by atoms with E-state index in [0.29, 0.717) is 0 Å². The number of aromatic nitrogens is 3. The van der Waals surface area contributed by atoms with Crippen molar-refractivity contribution in [3.05, 3.63) is 42.6 Å². The van der Waals surface area contributed by atoms with Gasteiger partial charge in [-0.3, -0.25) is 0 Å². The van der Waals surface area contributed by atoms with Crippen LogP contribution >= 0.6 is 0 Å². The molecular formula is C13H12N4. The molecule has 2 N–H and O–H groups in total. The maximum atomic E-state index is 5.79. The predicted octanol–water partition coefficient (Wildman–Crippen LogP) is 2.22. The Bertz CT molecular complexity index is 685. The number of pyridine rings is 1. The standard InChI is InChI=1S/C13H12N4/c1-17-12(9-4-2-5-10(14)8-9)16-11-6-3-7-15-13(11)17/h2-8H,14H2,1H3. The second kappa shape index (κ2) is 3.59. The number of anilines is 1. The van der Waals surface area contributed by atoms with Gasteiger partial charge in [-0.15, -0.1) is 0 Å². The van der Waals surface area contributed by atoms with Crippen molar-refractivity contribution in [3.8, 4) is 11.4 Å². The normalized spacial score (nSPS) is 10.9. The van der Waals surface area contributed by atoms with Crippen molar-refractivity contribution < 1.29 is 0 Å². The van der Waals surface area contributed by atoms with Crippen molar-refractivity contribution in [3.63, 3.8) is 0 Å². The second-order valence-electron chi connectivity index (χ2n) is 3.97. The lowest BCUT2D eigenvalue weighted by atomic mass is 10.2. The summed E-state index contributed by atoms with van der Waals surface area (Å²) in [5.74, 6) is 0.881. The molecule has 84 valence electrons. The van der Waals surface area contributed by atoms with Crippen LogP contribution in [-0.2, 0) is 7.05 Å². The van der Waals surface area contributed by atoms with Crippen LogP contribution in [0.2, 0.25) is 0 Å². The summed E-state index contributed by atoms with van der Waals surface area (Å²) in [6, 6.07) is 11.6. The molecule has 0 unspecified atom stereocenters. The summed E-state index contributed by atoms with van der Waals surface area (Å²) in [6.45, 7) is 0. The number of nitrogen functional groups attached to an aromatic ring is 1.